The van der Waals surface area contributed by atoms with Crippen LogP contribution in [-0.2, 0) is 12.8 Å². The van der Waals surface area contributed by atoms with Gasteiger partial charge in [-0.1, -0.05) is 26.0 Å². The minimum absolute atomic E-state index is 0.708. The molecule has 1 aliphatic rings. The molecule has 1 aromatic heterocycles. The monoisotopic (exact) mass is 242 g/mol. The molecular formula is C14H18N4. The van der Waals surface area contributed by atoms with Gasteiger partial charge in [0.2, 0.25) is 0 Å². The predicted molar refractivity (Wildman–Crippen MR) is 71.5 cm³/mol. The van der Waals surface area contributed by atoms with E-state index in [0.717, 1.165) is 49.4 Å². The summed E-state index contributed by atoms with van der Waals surface area (Å²) < 4.78 is 0. The number of nitrogens with zero attached hydrogens (tertiary/aromatic N) is 4. The Morgan fingerprint density at radius 1 is 1.28 bits per heavy atom. The second kappa shape index (κ2) is 5.63. The quantitative estimate of drug-likeness (QED) is 0.763. The first-order chi connectivity index (χ1) is 8.81. The maximum atomic E-state index is 9.42. The summed E-state index contributed by atoms with van der Waals surface area (Å²) in [7, 11) is 0. The smallest absolute Gasteiger partial charge is 0.169 e. The van der Waals surface area contributed by atoms with Gasteiger partial charge < -0.3 is 4.90 Å². The Kier molecular flexibility index (Phi) is 3.93. The van der Waals surface area contributed by atoms with Crippen molar-refractivity contribution >= 4 is 5.82 Å². The average molecular weight is 242 g/mol. The van der Waals surface area contributed by atoms with Crippen LogP contribution in [0.4, 0.5) is 5.82 Å². The van der Waals surface area contributed by atoms with E-state index in [1.165, 1.54) is 0 Å². The van der Waals surface area contributed by atoms with Gasteiger partial charge in [-0.25, -0.2) is 0 Å². The van der Waals surface area contributed by atoms with Gasteiger partial charge in [-0.15, -0.1) is 5.10 Å². The standard InChI is InChI=1S/C14H18N4/c1-3-11-12(10-15)14(17-16-13(11)4-2)18-8-6-5-7-9-18/h5-6H,3-4,7-9H2,1-2H3. The van der Waals surface area contributed by atoms with Crippen molar-refractivity contribution in [2.24, 2.45) is 0 Å². The first kappa shape index (κ1) is 12.6. The zero-order valence-electron chi connectivity index (χ0n) is 11.0. The minimum Gasteiger partial charge on any atom is -0.350 e. The highest BCUT2D eigenvalue weighted by atomic mass is 15.3. The molecule has 0 saturated carbocycles. The van der Waals surface area contributed by atoms with Crippen LogP contribution in [0.1, 0.15) is 37.1 Å². The number of aromatic nitrogens is 2. The number of hydrogen-bond donors (Lipinski definition) is 0. The molecule has 1 aliphatic heterocycles. The predicted octanol–water partition coefficient (Wildman–Crippen LogP) is 2.24. The van der Waals surface area contributed by atoms with E-state index in [1.807, 2.05) is 6.92 Å². The molecule has 0 radical (unpaired) electrons. The Morgan fingerprint density at radius 3 is 2.67 bits per heavy atom. The number of hydrogen-bond acceptors (Lipinski definition) is 4. The van der Waals surface area contributed by atoms with Gasteiger partial charge in [-0.05, 0) is 24.8 Å². The molecule has 0 saturated heterocycles. The summed E-state index contributed by atoms with van der Waals surface area (Å²) in [6, 6.07) is 2.32. The van der Waals surface area contributed by atoms with E-state index >= 15 is 0 Å². The Labute approximate surface area is 108 Å². The Morgan fingerprint density at radius 2 is 2.11 bits per heavy atom. The summed E-state index contributed by atoms with van der Waals surface area (Å²) in [5.41, 5.74) is 2.71. The van der Waals surface area contributed by atoms with Crippen LogP contribution in [0.3, 0.4) is 0 Å². The van der Waals surface area contributed by atoms with Crippen molar-refractivity contribution in [3.05, 3.63) is 29.0 Å². The number of aryl methyl sites for hydroxylation is 1. The van der Waals surface area contributed by atoms with E-state index in [4.69, 9.17) is 0 Å². The molecule has 18 heavy (non-hydrogen) atoms. The molecule has 0 aromatic carbocycles. The van der Waals surface area contributed by atoms with E-state index in [0.29, 0.717) is 5.56 Å². The zero-order valence-corrected chi connectivity index (χ0v) is 11.0. The van der Waals surface area contributed by atoms with Crippen molar-refractivity contribution in [3.63, 3.8) is 0 Å². The van der Waals surface area contributed by atoms with E-state index in [-0.39, 0.29) is 0 Å². The van der Waals surface area contributed by atoms with Gasteiger partial charge in [-0.3, -0.25) is 0 Å². The Bertz CT molecular complexity index is 499. The summed E-state index contributed by atoms with van der Waals surface area (Å²) in [4.78, 5) is 2.13. The normalized spacial score (nSPS) is 14.6. The molecule has 94 valence electrons. The second-order valence-electron chi connectivity index (χ2n) is 4.35. The van der Waals surface area contributed by atoms with Crippen molar-refractivity contribution in [1.29, 1.82) is 5.26 Å². The van der Waals surface area contributed by atoms with Crippen molar-refractivity contribution < 1.29 is 0 Å². The van der Waals surface area contributed by atoms with Crippen molar-refractivity contribution in [2.45, 2.75) is 33.1 Å². The molecule has 0 spiro atoms. The van der Waals surface area contributed by atoms with Gasteiger partial charge in [0.25, 0.3) is 0 Å². The lowest BCUT2D eigenvalue weighted by Crippen LogP contribution is -2.29. The fourth-order valence-corrected chi connectivity index (χ4v) is 2.33. The Hall–Kier alpha value is -1.89. The summed E-state index contributed by atoms with van der Waals surface area (Å²) in [5, 5.41) is 18.0. The third-order valence-corrected chi connectivity index (χ3v) is 3.30. The van der Waals surface area contributed by atoms with Gasteiger partial charge in [0.1, 0.15) is 11.6 Å². The average Bonchev–Trinajstić information content (AvgIpc) is 2.46. The van der Waals surface area contributed by atoms with Crippen LogP contribution < -0.4 is 4.90 Å². The minimum atomic E-state index is 0.708. The van der Waals surface area contributed by atoms with Gasteiger partial charge in [0.05, 0.1) is 5.69 Å². The molecule has 4 nitrogen and oxygen atoms in total. The molecule has 0 fully saturated rings. The van der Waals surface area contributed by atoms with Crippen LogP contribution in [-0.4, -0.2) is 23.3 Å². The van der Waals surface area contributed by atoms with Crippen LogP contribution in [0.15, 0.2) is 12.2 Å². The highest BCUT2D eigenvalue weighted by molar-refractivity contribution is 5.58. The molecule has 0 aliphatic carbocycles. The second-order valence-corrected chi connectivity index (χ2v) is 4.35. The molecule has 0 unspecified atom stereocenters. The maximum Gasteiger partial charge on any atom is 0.169 e. The third-order valence-electron chi connectivity index (χ3n) is 3.30. The molecular weight excluding hydrogens is 224 g/mol. The fraction of sp³-hybridized carbons (Fsp3) is 0.500. The Balaban J connectivity index is 2.48. The highest BCUT2D eigenvalue weighted by Gasteiger charge is 2.19. The molecule has 1 aromatic rings. The summed E-state index contributed by atoms with van der Waals surface area (Å²) in [6.07, 6.45) is 6.94. The maximum absolute atomic E-state index is 9.42. The summed E-state index contributed by atoms with van der Waals surface area (Å²) in [5.74, 6) is 0.746. The van der Waals surface area contributed by atoms with Gasteiger partial charge >= 0.3 is 0 Å². The van der Waals surface area contributed by atoms with E-state index in [1.54, 1.807) is 0 Å². The first-order valence-electron chi connectivity index (χ1n) is 6.50. The van der Waals surface area contributed by atoms with E-state index in [2.05, 4.69) is 40.2 Å². The third kappa shape index (κ3) is 2.21. The molecule has 0 bridgehead atoms. The van der Waals surface area contributed by atoms with Gasteiger partial charge in [0.15, 0.2) is 5.82 Å². The van der Waals surface area contributed by atoms with Crippen molar-refractivity contribution in [3.8, 4) is 6.07 Å². The lowest BCUT2D eigenvalue weighted by molar-refractivity contribution is 0.771. The van der Waals surface area contributed by atoms with E-state index in [9.17, 15) is 5.26 Å². The largest absolute Gasteiger partial charge is 0.350 e. The van der Waals surface area contributed by atoms with Crippen LogP contribution in [0.2, 0.25) is 0 Å². The van der Waals surface area contributed by atoms with E-state index < -0.39 is 0 Å². The van der Waals surface area contributed by atoms with Crippen LogP contribution in [0, 0.1) is 11.3 Å². The molecule has 0 N–H and O–H groups in total. The molecule has 0 atom stereocenters. The summed E-state index contributed by atoms with van der Waals surface area (Å²) >= 11 is 0. The molecule has 0 amide bonds. The van der Waals surface area contributed by atoms with Crippen LogP contribution in [0.5, 0.6) is 0 Å². The van der Waals surface area contributed by atoms with Crippen molar-refractivity contribution in [1.82, 2.24) is 10.2 Å². The van der Waals surface area contributed by atoms with Gasteiger partial charge in [-0.2, -0.15) is 10.4 Å². The van der Waals surface area contributed by atoms with Gasteiger partial charge in [0, 0.05) is 13.1 Å². The molecule has 2 heterocycles. The first-order valence-corrected chi connectivity index (χ1v) is 6.50. The number of anilines is 1. The lowest BCUT2D eigenvalue weighted by Gasteiger charge is -2.25. The highest BCUT2D eigenvalue weighted by Crippen LogP contribution is 2.24. The number of rotatable bonds is 3. The fourth-order valence-electron chi connectivity index (χ4n) is 2.33. The topological polar surface area (TPSA) is 52.8 Å². The number of nitriles is 1. The lowest BCUT2D eigenvalue weighted by atomic mass is 10.0. The molecule has 2 rings (SSSR count). The van der Waals surface area contributed by atoms with Crippen LogP contribution >= 0.6 is 0 Å². The SMILES string of the molecule is CCc1nnc(N2CC=CCC2)c(C#N)c1CC. The molecule has 4 heteroatoms. The summed E-state index contributed by atoms with van der Waals surface area (Å²) in [6.45, 7) is 5.84. The van der Waals surface area contributed by atoms with Crippen molar-refractivity contribution in [2.75, 3.05) is 18.0 Å². The zero-order chi connectivity index (χ0) is 13.0. The van der Waals surface area contributed by atoms with Crippen LogP contribution in [0.25, 0.3) is 0 Å².